The highest BCUT2D eigenvalue weighted by atomic mass is 32.2. The van der Waals surface area contributed by atoms with Gasteiger partial charge in [0.1, 0.15) is 22.0 Å². The average molecular weight is 307 g/mol. The van der Waals surface area contributed by atoms with Crippen LogP contribution in [0.2, 0.25) is 0 Å². The van der Waals surface area contributed by atoms with E-state index in [1.165, 1.54) is 13.8 Å². The number of aryl methyl sites for hydroxylation is 2. The molecule has 0 saturated heterocycles. The van der Waals surface area contributed by atoms with Crippen LogP contribution in [0.5, 0.6) is 0 Å². The van der Waals surface area contributed by atoms with Crippen LogP contribution >= 0.6 is 0 Å². The molecule has 1 rings (SSSR count). The van der Waals surface area contributed by atoms with Gasteiger partial charge < -0.3 is 19.7 Å². The molecule has 0 saturated carbocycles. The minimum absolute atomic E-state index is 0.0125. The van der Waals surface area contributed by atoms with Gasteiger partial charge in [0.05, 0.1) is 13.2 Å². The molecule has 0 aliphatic carbocycles. The Hall–Kier alpha value is -1.42. The average Bonchev–Trinajstić information content (AvgIpc) is 2.64. The first-order valence-electron chi connectivity index (χ1n) is 5.82. The Morgan fingerprint density at radius 1 is 1.15 bits per heavy atom. The van der Waals surface area contributed by atoms with E-state index in [0.717, 1.165) is 4.31 Å². The number of furan rings is 1. The fourth-order valence-electron chi connectivity index (χ4n) is 1.93. The van der Waals surface area contributed by atoms with Crippen molar-refractivity contribution in [2.75, 3.05) is 26.3 Å². The molecular formula is C11H17NO7S. The van der Waals surface area contributed by atoms with Crippen LogP contribution in [0.4, 0.5) is 0 Å². The topological polar surface area (TPSA) is 128 Å². The molecule has 0 spiro atoms. The summed E-state index contributed by atoms with van der Waals surface area (Å²) in [6, 6.07) is 0. The number of nitrogens with zero attached hydrogens (tertiary/aromatic N) is 1. The molecule has 0 amide bonds. The number of aliphatic hydroxyl groups is 2. The molecule has 1 heterocycles. The Balaban J connectivity index is 3.44. The quantitative estimate of drug-likeness (QED) is 0.623. The molecule has 0 atom stereocenters. The summed E-state index contributed by atoms with van der Waals surface area (Å²) in [7, 11) is -4.17. The summed E-state index contributed by atoms with van der Waals surface area (Å²) in [5.74, 6) is -1.46. The van der Waals surface area contributed by atoms with Gasteiger partial charge in [-0.3, -0.25) is 0 Å². The number of hydrogen-bond donors (Lipinski definition) is 3. The third-order valence-corrected chi connectivity index (χ3v) is 4.77. The maximum absolute atomic E-state index is 12.5. The van der Waals surface area contributed by atoms with E-state index in [9.17, 15) is 13.2 Å². The Kier molecular flexibility index (Phi) is 5.28. The summed E-state index contributed by atoms with van der Waals surface area (Å²) in [6.45, 7) is 1.33. The van der Waals surface area contributed by atoms with Crippen molar-refractivity contribution >= 4 is 16.0 Å². The molecule has 0 aliphatic heterocycles. The zero-order chi connectivity index (χ0) is 15.5. The van der Waals surface area contributed by atoms with E-state index in [1.54, 1.807) is 0 Å². The van der Waals surface area contributed by atoms with Crippen LogP contribution in [0.25, 0.3) is 0 Å². The highest BCUT2D eigenvalue weighted by Gasteiger charge is 2.34. The normalized spacial score (nSPS) is 12.1. The van der Waals surface area contributed by atoms with Gasteiger partial charge in [0, 0.05) is 13.1 Å². The van der Waals surface area contributed by atoms with Gasteiger partial charge in [-0.1, -0.05) is 0 Å². The molecule has 8 nitrogen and oxygen atoms in total. The number of carboxylic acid groups (broad SMARTS) is 1. The van der Waals surface area contributed by atoms with Crippen molar-refractivity contribution in [2.24, 2.45) is 0 Å². The lowest BCUT2D eigenvalue weighted by Crippen LogP contribution is -2.36. The predicted octanol–water partition coefficient (Wildman–Crippen LogP) is -0.430. The summed E-state index contributed by atoms with van der Waals surface area (Å²) >= 11 is 0. The van der Waals surface area contributed by atoms with Crippen molar-refractivity contribution in [3.05, 3.63) is 17.1 Å². The minimum Gasteiger partial charge on any atom is -0.478 e. The van der Waals surface area contributed by atoms with E-state index in [-0.39, 0.29) is 24.6 Å². The van der Waals surface area contributed by atoms with Gasteiger partial charge in [0.2, 0.25) is 10.0 Å². The summed E-state index contributed by atoms with van der Waals surface area (Å²) in [4.78, 5) is 10.8. The Morgan fingerprint density at radius 2 is 1.65 bits per heavy atom. The molecule has 9 heteroatoms. The van der Waals surface area contributed by atoms with Gasteiger partial charge >= 0.3 is 5.97 Å². The fraction of sp³-hybridized carbons (Fsp3) is 0.545. The number of hydrogen-bond acceptors (Lipinski definition) is 6. The van der Waals surface area contributed by atoms with Crippen LogP contribution in [-0.4, -0.2) is 60.3 Å². The molecule has 0 unspecified atom stereocenters. The molecular weight excluding hydrogens is 290 g/mol. The van der Waals surface area contributed by atoms with Crippen molar-refractivity contribution in [3.8, 4) is 0 Å². The summed E-state index contributed by atoms with van der Waals surface area (Å²) in [5.41, 5.74) is -0.427. The first-order valence-corrected chi connectivity index (χ1v) is 7.26. The first kappa shape index (κ1) is 16.6. The maximum Gasteiger partial charge on any atom is 0.340 e. The van der Waals surface area contributed by atoms with Crippen LogP contribution in [0, 0.1) is 13.8 Å². The lowest BCUT2D eigenvalue weighted by molar-refractivity contribution is 0.0691. The molecule has 0 radical (unpaired) electrons. The van der Waals surface area contributed by atoms with Gasteiger partial charge in [-0.25, -0.2) is 13.2 Å². The predicted molar refractivity (Wildman–Crippen MR) is 68.1 cm³/mol. The second kappa shape index (κ2) is 6.35. The highest BCUT2D eigenvalue weighted by molar-refractivity contribution is 7.89. The molecule has 20 heavy (non-hydrogen) atoms. The van der Waals surface area contributed by atoms with Crippen LogP contribution < -0.4 is 0 Å². The van der Waals surface area contributed by atoms with Gasteiger partial charge in [0.15, 0.2) is 0 Å². The third-order valence-electron chi connectivity index (χ3n) is 2.72. The maximum atomic E-state index is 12.5. The lowest BCUT2D eigenvalue weighted by atomic mass is 10.2. The van der Waals surface area contributed by atoms with Crippen LogP contribution in [0.3, 0.4) is 0 Å². The van der Waals surface area contributed by atoms with Gasteiger partial charge in [-0.15, -0.1) is 0 Å². The van der Waals surface area contributed by atoms with E-state index in [2.05, 4.69) is 0 Å². The summed E-state index contributed by atoms with van der Waals surface area (Å²) in [5, 5.41) is 26.9. The molecule has 0 aliphatic rings. The number of sulfonamides is 1. The minimum atomic E-state index is -4.17. The van der Waals surface area contributed by atoms with E-state index in [0.29, 0.717) is 0 Å². The Labute approximate surface area is 116 Å². The Bertz CT molecular complexity index is 584. The van der Waals surface area contributed by atoms with E-state index >= 15 is 0 Å². The van der Waals surface area contributed by atoms with Gasteiger partial charge in [0.25, 0.3) is 0 Å². The van der Waals surface area contributed by atoms with Crippen molar-refractivity contribution in [1.82, 2.24) is 4.31 Å². The summed E-state index contributed by atoms with van der Waals surface area (Å²) < 4.78 is 30.8. The van der Waals surface area contributed by atoms with Crippen LogP contribution in [-0.2, 0) is 10.0 Å². The largest absolute Gasteiger partial charge is 0.478 e. The van der Waals surface area contributed by atoms with E-state index in [1.807, 2.05) is 0 Å². The zero-order valence-electron chi connectivity index (χ0n) is 11.2. The molecule has 1 aromatic heterocycles. The van der Waals surface area contributed by atoms with Crippen LogP contribution in [0.1, 0.15) is 21.9 Å². The van der Waals surface area contributed by atoms with E-state index < -0.39 is 39.7 Å². The first-order chi connectivity index (χ1) is 9.27. The smallest absolute Gasteiger partial charge is 0.340 e. The molecule has 0 bridgehead atoms. The fourth-order valence-corrected chi connectivity index (χ4v) is 3.72. The van der Waals surface area contributed by atoms with Crippen molar-refractivity contribution in [3.63, 3.8) is 0 Å². The third kappa shape index (κ3) is 3.01. The molecule has 0 aromatic carbocycles. The monoisotopic (exact) mass is 307 g/mol. The van der Waals surface area contributed by atoms with Crippen molar-refractivity contribution in [2.45, 2.75) is 18.7 Å². The van der Waals surface area contributed by atoms with Gasteiger partial charge in [-0.2, -0.15) is 4.31 Å². The highest BCUT2D eigenvalue weighted by Crippen LogP contribution is 2.29. The molecule has 3 N–H and O–H groups in total. The van der Waals surface area contributed by atoms with Crippen molar-refractivity contribution < 1.29 is 32.9 Å². The molecule has 1 aromatic rings. The number of carboxylic acids is 1. The number of aliphatic hydroxyl groups excluding tert-OH is 2. The SMILES string of the molecule is Cc1oc(C)c(S(=O)(=O)N(CCO)CCO)c1C(=O)O. The Morgan fingerprint density at radius 3 is 2.05 bits per heavy atom. The molecule has 114 valence electrons. The second-order valence-electron chi connectivity index (χ2n) is 4.08. The standard InChI is InChI=1S/C11H17NO7S/c1-7-9(11(15)16)10(8(2)19-7)20(17,18)12(3-5-13)4-6-14/h13-14H,3-6H2,1-2H3,(H,15,16). The second-order valence-corrected chi connectivity index (χ2v) is 5.95. The lowest BCUT2D eigenvalue weighted by Gasteiger charge is -2.20. The molecule has 0 fully saturated rings. The van der Waals surface area contributed by atoms with Crippen molar-refractivity contribution in [1.29, 1.82) is 0 Å². The summed E-state index contributed by atoms with van der Waals surface area (Å²) in [6.07, 6.45) is 0. The van der Waals surface area contributed by atoms with E-state index in [4.69, 9.17) is 19.7 Å². The van der Waals surface area contributed by atoms with Gasteiger partial charge in [-0.05, 0) is 13.8 Å². The number of aromatic carboxylic acids is 1. The number of rotatable bonds is 7. The van der Waals surface area contributed by atoms with Crippen LogP contribution in [0.15, 0.2) is 9.31 Å². The number of carbonyl (C=O) groups is 1. The zero-order valence-corrected chi connectivity index (χ0v) is 12.0.